The van der Waals surface area contributed by atoms with Gasteiger partial charge in [0.15, 0.2) is 4.67 Å². The monoisotopic (exact) mass is 357 g/mol. The van der Waals surface area contributed by atoms with Gasteiger partial charge in [-0.3, -0.25) is 0 Å². The van der Waals surface area contributed by atoms with Gasteiger partial charge in [-0.1, -0.05) is 28.1 Å². The third-order valence-electron chi connectivity index (χ3n) is 2.55. The van der Waals surface area contributed by atoms with Crippen molar-refractivity contribution in [3.8, 4) is 0 Å². The molecule has 2 aromatic rings. The molecule has 2 rings (SSSR count). The van der Waals surface area contributed by atoms with E-state index in [1.807, 2.05) is 24.3 Å². The number of nitrogens with one attached hydrogen (secondary N) is 1. The van der Waals surface area contributed by atoms with Crippen LogP contribution in [0.2, 0.25) is 0 Å². The molecule has 90 valence electrons. The molecule has 1 unspecified atom stereocenters. The van der Waals surface area contributed by atoms with E-state index < -0.39 is 0 Å². The first-order valence-electron chi connectivity index (χ1n) is 5.38. The Labute approximate surface area is 118 Å². The highest BCUT2D eigenvalue weighted by atomic mass is 79.9. The minimum Gasteiger partial charge on any atom is -0.453 e. The zero-order valence-corrected chi connectivity index (χ0v) is 12.6. The molecule has 0 fully saturated rings. The van der Waals surface area contributed by atoms with Crippen molar-refractivity contribution in [3.63, 3.8) is 0 Å². The van der Waals surface area contributed by atoms with Crippen LogP contribution in [0.1, 0.15) is 24.3 Å². The van der Waals surface area contributed by atoms with E-state index in [4.69, 9.17) is 4.42 Å². The van der Waals surface area contributed by atoms with E-state index in [0.29, 0.717) is 0 Å². The highest BCUT2D eigenvalue weighted by Gasteiger charge is 2.08. The van der Waals surface area contributed by atoms with Gasteiger partial charge >= 0.3 is 0 Å². The van der Waals surface area contributed by atoms with Crippen molar-refractivity contribution in [2.24, 2.45) is 0 Å². The highest BCUT2D eigenvalue weighted by Crippen LogP contribution is 2.20. The third kappa shape index (κ3) is 3.69. The van der Waals surface area contributed by atoms with Crippen LogP contribution < -0.4 is 5.32 Å². The van der Waals surface area contributed by atoms with Gasteiger partial charge in [-0.15, -0.1) is 0 Å². The summed E-state index contributed by atoms with van der Waals surface area (Å²) in [4.78, 5) is 0. The minimum atomic E-state index is 0.199. The van der Waals surface area contributed by atoms with Crippen molar-refractivity contribution in [3.05, 3.63) is 56.9 Å². The van der Waals surface area contributed by atoms with E-state index in [-0.39, 0.29) is 6.04 Å². The molecule has 0 bridgehead atoms. The first-order chi connectivity index (χ1) is 8.15. The number of rotatable bonds is 4. The molecule has 2 nitrogen and oxygen atoms in total. The van der Waals surface area contributed by atoms with Gasteiger partial charge in [-0.25, -0.2) is 0 Å². The van der Waals surface area contributed by atoms with Gasteiger partial charge in [0, 0.05) is 11.0 Å². The van der Waals surface area contributed by atoms with Crippen LogP contribution in [0.15, 0.2) is 50.0 Å². The zero-order chi connectivity index (χ0) is 12.3. The van der Waals surface area contributed by atoms with Crippen molar-refractivity contribution >= 4 is 31.9 Å². The van der Waals surface area contributed by atoms with Gasteiger partial charge in [0.25, 0.3) is 0 Å². The van der Waals surface area contributed by atoms with Crippen LogP contribution in [0.25, 0.3) is 0 Å². The molecule has 0 spiro atoms. The molecular weight excluding hydrogens is 346 g/mol. The maximum Gasteiger partial charge on any atom is 0.169 e. The van der Waals surface area contributed by atoms with E-state index >= 15 is 0 Å². The lowest BCUT2D eigenvalue weighted by Gasteiger charge is -2.11. The highest BCUT2D eigenvalue weighted by molar-refractivity contribution is 9.10. The molecule has 1 heterocycles. The quantitative estimate of drug-likeness (QED) is 0.860. The Kier molecular flexibility index (Phi) is 4.42. The van der Waals surface area contributed by atoms with Crippen molar-refractivity contribution in [1.82, 2.24) is 5.32 Å². The van der Waals surface area contributed by atoms with E-state index in [1.54, 1.807) is 0 Å². The Balaban J connectivity index is 1.92. The molecule has 4 heteroatoms. The van der Waals surface area contributed by atoms with Crippen molar-refractivity contribution < 1.29 is 4.42 Å². The van der Waals surface area contributed by atoms with Crippen LogP contribution >= 0.6 is 31.9 Å². The van der Waals surface area contributed by atoms with Crippen LogP contribution in [0.5, 0.6) is 0 Å². The average Bonchev–Trinajstić information content (AvgIpc) is 2.75. The molecule has 0 saturated heterocycles. The molecule has 17 heavy (non-hydrogen) atoms. The third-order valence-corrected chi connectivity index (χ3v) is 3.50. The lowest BCUT2D eigenvalue weighted by molar-refractivity contribution is 0.418. The summed E-state index contributed by atoms with van der Waals surface area (Å²) in [6.07, 6.45) is 0. The second-order valence-electron chi connectivity index (χ2n) is 3.87. The number of hydrogen-bond donors (Lipinski definition) is 1. The SMILES string of the molecule is CC(NCc1ccc(Br)cc1)c1ccc(Br)o1. The normalized spacial score (nSPS) is 12.6. The Morgan fingerprint density at radius 2 is 1.82 bits per heavy atom. The molecule has 0 aliphatic heterocycles. The lowest BCUT2D eigenvalue weighted by Crippen LogP contribution is -2.17. The van der Waals surface area contributed by atoms with Gasteiger partial charge in [0.2, 0.25) is 0 Å². The van der Waals surface area contributed by atoms with Gasteiger partial charge in [0.1, 0.15) is 5.76 Å². The number of benzene rings is 1. The predicted octanol–water partition coefficient (Wildman–Crippen LogP) is 4.66. The average molecular weight is 359 g/mol. The molecule has 0 aliphatic rings. The fraction of sp³-hybridized carbons (Fsp3) is 0.231. The second kappa shape index (κ2) is 5.85. The van der Waals surface area contributed by atoms with E-state index in [1.165, 1.54) is 5.56 Å². The first kappa shape index (κ1) is 12.9. The molecule has 1 aromatic heterocycles. The zero-order valence-electron chi connectivity index (χ0n) is 9.41. The van der Waals surface area contributed by atoms with Gasteiger partial charge in [-0.2, -0.15) is 0 Å². The van der Waals surface area contributed by atoms with Gasteiger partial charge in [0.05, 0.1) is 6.04 Å². The summed E-state index contributed by atoms with van der Waals surface area (Å²) in [5.41, 5.74) is 1.26. The molecule has 0 saturated carbocycles. The van der Waals surface area contributed by atoms with E-state index in [0.717, 1.165) is 21.4 Å². The van der Waals surface area contributed by atoms with Crippen molar-refractivity contribution in [1.29, 1.82) is 0 Å². The van der Waals surface area contributed by atoms with Crippen LogP contribution in [0.3, 0.4) is 0 Å². The number of furan rings is 1. The fourth-order valence-electron chi connectivity index (χ4n) is 1.53. The maximum atomic E-state index is 5.50. The van der Waals surface area contributed by atoms with E-state index in [9.17, 15) is 0 Å². The Morgan fingerprint density at radius 1 is 1.12 bits per heavy atom. The van der Waals surface area contributed by atoms with Gasteiger partial charge in [-0.05, 0) is 52.7 Å². The molecule has 0 amide bonds. The summed E-state index contributed by atoms with van der Waals surface area (Å²) in [5.74, 6) is 0.939. The molecule has 0 radical (unpaired) electrons. The Hall–Kier alpha value is -0.580. The number of hydrogen-bond acceptors (Lipinski definition) is 2. The van der Waals surface area contributed by atoms with Crippen molar-refractivity contribution in [2.75, 3.05) is 0 Å². The van der Waals surface area contributed by atoms with Gasteiger partial charge < -0.3 is 9.73 Å². The molecule has 0 aliphatic carbocycles. The van der Waals surface area contributed by atoms with Crippen LogP contribution in [0, 0.1) is 0 Å². The summed E-state index contributed by atoms with van der Waals surface area (Å²) >= 11 is 6.73. The molecule has 1 aromatic carbocycles. The number of halogens is 2. The Bertz CT molecular complexity index is 478. The predicted molar refractivity (Wildman–Crippen MR) is 75.8 cm³/mol. The topological polar surface area (TPSA) is 25.2 Å². The largest absolute Gasteiger partial charge is 0.453 e. The van der Waals surface area contributed by atoms with Crippen LogP contribution in [-0.2, 0) is 6.54 Å². The lowest BCUT2D eigenvalue weighted by atomic mass is 10.2. The maximum absolute atomic E-state index is 5.50. The summed E-state index contributed by atoms with van der Waals surface area (Å²) < 4.78 is 7.37. The summed E-state index contributed by atoms with van der Waals surface area (Å²) in [7, 11) is 0. The van der Waals surface area contributed by atoms with Crippen molar-refractivity contribution in [2.45, 2.75) is 19.5 Å². The summed E-state index contributed by atoms with van der Waals surface area (Å²) in [6.45, 7) is 2.91. The fourth-order valence-corrected chi connectivity index (χ4v) is 2.12. The second-order valence-corrected chi connectivity index (χ2v) is 5.57. The Morgan fingerprint density at radius 3 is 2.41 bits per heavy atom. The smallest absolute Gasteiger partial charge is 0.169 e. The van der Waals surface area contributed by atoms with Crippen LogP contribution in [-0.4, -0.2) is 0 Å². The molecule has 1 N–H and O–H groups in total. The summed E-state index contributed by atoms with van der Waals surface area (Å²) in [6, 6.07) is 12.4. The van der Waals surface area contributed by atoms with Crippen LogP contribution in [0.4, 0.5) is 0 Å². The van der Waals surface area contributed by atoms with E-state index in [2.05, 4.69) is 56.2 Å². The first-order valence-corrected chi connectivity index (χ1v) is 6.97. The molecular formula is C13H13Br2NO. The molecule has 1 atom stereocenters. The summed E-state index contributed by atoms with van der Waals surface area (Å²) in [5, 5.41) is 3.42. The standard InChI is InChI=1S/C13H13Br2NO/c1-9(12-6-7-13(15)17-12)16-8-10-2-4-11(14)5-3-10/h2-7,9,16H,8H2,1H3. The minimum absolute atomic E-state index is 0.199.